The molecule has 20 heavy (non-hydrogen) atoms. The fraction of sp³-hybridized carbons (Fsp3) is 0.769. The summed E-state index contributed by atoms with van der Waals surface area (Å²) in [7, 11) is 5.60. The highest BCUT2D eigenvalue weighted by Gasteiger charge is 2.22. The smallest absolute Gasteiger partial charge is 0.306 e. The minimum absolute atomic E-state index is 0.0368. The highest BCUT2D eigenvalue weighted by Crippen LogP contribution is 2.06. The first-order valence-corrected chi connectivity index (χ1v) is 6.60. The molecule has 1 N–H and O–H groups in total. The number of aliphatic carboxylic acids is 1. The van der Waals surface area contributed by atoms with Crippen LogP contribution in [0.25, 0.3) is 0 Å². The van der Waals surface area contributed by atoms with E-state index in [-0.39, 0.29) is 25.2 Å². The largest absolute Gasteiger partial charge is 0.550 e. The van der Waals surface area contributed by atoms with Gasteiger partial charge in [-0.05, 0) is 6.92 Å². The minimum atomic E-state index is -1.26. The number of hydrogen-bond donors (Lipinski definition) is 1. The van der Waals surface area contributed by atoms with Gasteiger partial charge in [-0.1, -0.05) is 0 Å². The van der Waals surface area contributed by atoms with Crippen molar-refractivity contribution in [3.05, 3.63) is 0 Å². The van der Waals surface area contributed by atoms with Crippen molar-refractivity contribution in [3.8, 4) is 0 Å². The van der Waals surface area contributed by atoms with Gasteiger partial charge in [0.1, 0.15) is 6.54 Å². The molecule has 1 atom stereocenters. The van der Waals surface area contributed by atoms with E-state index in [1.54, 1.807) is 6.92 Å². The number of carbonyl (C=O) groups excluding carboxylic acids is 3. The normalized spacial score (nSPS) is 12.6. The Kier molecular flexibility index (Phi) is 7.83. The van der Waals surface area contributed by atoms with E-state index < -0.39 is 18.0 Å². The zero-order chi connectivity index (χ0) is 15.8. The van der Waals surface area contributed by atoms with Gasteiger partial charge in [0.2, 0.25) is 5.91 Å². The lowest BCUT2D eigenvalue weighted by Crippen LogP contribution is -2.45. The summed E-state index contributed by atoms with van der Waals surface area (Å²) >= 11 is 0. The molecule has 0 aliphatic carbocycles. The van der Waals surface area contributed by atoms with E-state index in [0.717, 1.165) is 0 Å². The Bertz CT molecular complexity index is 349. The van der Waals surface area contributed by atoms with Gasteiger partial charge in [-0.25, -0.2) is 0 Å². The lowest BCUT2D eigenvalue weighted by Gasteiger charge is -2.29. The van der Waals surface area contributed by atoms with E-state index in [9.17, 15) is 19.5 Å². The molecule has 1 unspecified atom stereocenters. The van der Waals surface area contributed by atoms with E-state index in [0.29, 0.717) is 17.6 Å². The van der Waals surface area contributed by atoms with Crippen molar-refractivity contribution in [2.75, 3.05) is 34.2 Å². The molecule has 0 heterocycles. The molecule has 0 saturated carbocycles. The third kappa shape index (κ3) is 10.3. The second kappa shape index (κ2) is 8.52. The fourth-order valence-corrected chi connectivity index (χ4v) is 1.69. The first-order chi connectivity index (χ1) is 9.14. The second-order valence-electron chi connectivity index (χ2n) is 5.61. The molecule has 7 heteroatoms. The van der Waals surface area contributed by atoms with Gasteiger partial charge in [-0.2, -0.15) is 0 Å². The summed E-state index contributed by atoms with van der Waals surface area (Å²) < 4.78 is 5.57. The maximum atomic E-state index is 11.6. The summed E-state index contributed by atoms with van der Waals surface area (Å²) in [6, 6.07) is 0. The van der Waals surface area contributed by atoms with E-state index >= 15 is 0 Å². The zero-order valence-electron chi connectivity index (χ0n) is 12.6. The molecule has 0 radical (unpaired) electrons. The predicted octanol–water partition coefficient (Wildman–Crippen LogP) is -1.34. The molecule has 0 rings (SSSR count). The number of likely N-dealkylation sites (N-methyl/N-ethyl adjacent to an activating group) is 1. The quantitative estimate of drug-likeness (QED) is 0.418. The van der Waals surface area contributed by atoms with E-state index in [4.69, 9.17) is 4.74 Å². The number of carbonyl (C=O) groups is 3. The number of carboxylic acids is 1. The molecular weight excluding hydrogens is 264 g/mol. The highest BCUT2D eigenvalue weighted by atomic mass is 16.5. The summed E-state index contributed by atoms with van der Waals surface area (Å²) in [5, 5.41) is 13.2. The molecule has 0 aromatic heterocycles. The van der Waals surface area contributed by atoms with Crippen LogP contribution >= 0.6 is 0 Å². The van der Waals surface area contributed by atoms with Crippen molar-refractivity contribution >= 4 is 17.8 Å². The van der Waals surface area contributed by atoms with Crippen LogP contribution in [-0.4, -0.2) is 62.7 Å². The average molecular weight is 288 g/mol. The Hall–Kier alpha value is -1.63. The molecule has 0 bridgehead atoms. The third-order valence-corrected chi connectivity index (χ3v) is 2.37. The first kappa shape index (κ1) is 18.4. The predicted molar refractivity (Wildman–Crippen MR) is 70.3 cm³/mol. The van der Waals surface area contributed by atoms with Gasteiger partial charge in [0.15, 0.2) is 6.10 Å². The number of quaternary nitrogens is 1. The van der Waals surface area contributed by atoms with Crippen molar-refractivity contribution in [1.82, 2.24) is 5.32 Å². The standard InChI is InChI=1S/C13H24N2O5/c1-5-14-11(16)6-7-13(19)20-10(8-12(17)18)9-15(2,3)4/h10H,5-9H2,1-4H3,(H-,14,16,17,18). The summed E-state index contributed by atoms with van der Waals surface area (Å²) in [4.78, 5) is 33.5. The van der Waals surface area contributed by atoms with Crippen LogP contribution < -0.4 is 10.4 Å². The van der Waals surface area contributed by atoms with Gasteiger partial charge in [0.05, 0.1) is 27.6 Å². The van der Waals surface area contributed by atoms with E-state index in [2.05, 4.69) is 5.32 Å². The van der Waals surface area contributed by atoms with Crippen molar-refractivity contribution in [2.24, 2.45) is 0 Å². The van der Waals surface area contributed by atoms with Gasteiger partial charge in [0, 0.05) is 25.4 Å². The zero-order valence-corrected chi connectivity index (χ0v) is 12.6. The maximum Gasteiger partial charge on any atom is 0.306 e. The average Bonchev–Trinajstić information content (AvgIpc) is 2.23. The lowest BCUT2D eigenvalue weighted by molar-refractivity contribution is -0.873. The topological polar surface area (TPSA) is 95.5 Å². The molecule has 116 valence electrons. The number of nitrogens with one attached hydrogen (secondary N) is 1. The molecule has 0 spiro atoms. The first-order valence-electron chi connectivity index (χ1n) is 6.60. The lowest BCUT2D eigenvalue weighted by atomic mass is 10.2. The highest BCUT2D eigenvalue weighted by molar-refractivity contribution is 5.81. The van der Waals surface area contributed by atoms with Crippen LogP contribution in [0.4, 0.5) is 0 Å². The molecular formula is C13H24N2O5. The monoisotopic (exact) mass is 288 g/mol. The van der Waals surface area contributed by atoms with E-state index in [1.807, 2.05) is 21.1 Å². The Morgan fingerprint density at radius 2 is 1.80 bits per heavy atom. The molecule has 0 aromatic rings. The Labute approximate surface area is 119 Å². The molecule has 0 aliphatic rings. The SMILES string of the molecule is CCNC(=O)CCC(=O)OC(CC(=O)[O-])C[N+](C)(C)C. The number of nitrogens with zero attached hydrogens (tertiary/aromatic N) is 1. The van der Waals surface area contributed by atoms with Crippen molar-refractivity contribution in [3.63, 3.8) is 0 Å². The van der Waals surface area contributed by atoms with Gasteiger partial charge >= 0.3 is 5.97 Å². The van der Waals surface area contributed by atoms with Gasteiger partial charge < -0.3 is 24.4 Å². The Morgan fingerprint density at radius 1 is 1.20 bits per heavy atom. The van der Waals surface area contributed by atoms with Gasteiger partial charge in [0.25, 0.3) is 0 Å². The van der Waals surface area contributed by atoms with Crippen LogP contribution in [0, 0.1) is 0 Å². The fourth-order valence-electron chi connectivity index (χ4n) is 1.69. The summed E-state index contributed by atoms with van der Waals surface area (Å²) in [5.74, 6) is -2.07. The van der Waals surface area contributed by atoms with Crippen LogP contribution in [0.2, 0.25) is 0 Å². The van der Waals surface area contributed by atoms with Crippen LogP contribution in [0.1, 0.15) is 26.2 Å². The number of hydrogen-bond acceptors (Lipinski definition) is 5. The van der Waals surface area contributed by atoms with Crippen LogP contribution in [0.15, 0.2) is 0 Å². The minimum Gasteiger partial charge on any atom is -0.550 e. The summed E-state index contributed by atoms with van der Waals surface area (Å²) in [6.45, 7) is 2.65. The Morgan fingerprint density at radius 3 is 2.25 bits per heavy atom. The summed E-state index contributed by atoms with van der Waals surface area (Å²) in [6.07, 6.45) is -1.12. The Balaban J connectivity index is 4.31. The second-order valence-corrected chi connectivity index (χ2v) is 5.61. The van der Waals surface area contributed by atoms with Crippen molar-refractivity contribution in [1.29, 1.82) is 0 Å². The van der Waals surface area contributed by atoms with Crippen LogP contribution in [0.3, 0.4) is 0 Å². The number of carboxylic acid groups (broad SMARTS) is 1. The molecule has 1 amide bonds. The maximum absolute atomic E-state index is 11.6. The molecule has 7 nitrogen and oxygen atoms in total. The molecule has 0 fully saturated rings. The number of amides is 1. The van der Waals surface area contributed by atoms with Crippen molar-refractivity contribution in [2.45, 2.75) is 32.3 Å². The molecule has 0 aromatic carbocycles. The molecule has 0 aliphatic heterocycles. The van der Waals surface area contributed by atoms with Gasteiger partial charge in [-0.3, -0.25) is 9.59 Å². The number of esters is 1. The number of ether oxygens (including phenoxy) is 1. The van der Waals surface area contributed by atoms with Crippen LogP contribution in [-0.2, 0) is 19.1 Å². The van der Waals surface area contributed by atoms with Crippen molar-refractivity contribution < 1.29 is 28.7 Å². The summed E-state index contributed by atoms with van der Waals surface area (Å²) in [5.41, 5.74) is 0. The van der Waals surface area contributed by atoms with E-state index in [1.165, 1.54) is 0 Å². The third-order valence-electron chi connectivity index (χ3n) is 2.37. The van der Waals surface area contributed by atoms with Crippen LogP contribution in [0.5, 0.6) is 0 Å². The van der Waals surface area contributed by atoms with Gasteiger partial charge in [-0.15, -0.1) is 0 Å². The molecule has 0 saturated heterocycles. The number of rotatable bonds is 9.